The number of alkyl carbamates (subject to hydrolysis) is 2. The Balaban J connectivity index is 1.48. The van der Waals surface area contributed by atoms with Gasteiger partial charge >= 0.3 is 18.2 Å². The summed E-state index contributed by atoms with van der Waals surface area (Å²) < 4.78 is 10.3. The van der Waals surface area contributed by atoms with Crippen molar-refractivity contribution in [3.05, 3.63) is 71.8 Å². The first-order valence-corrected chi connectivity index (χ1v) is 11.4. The third-order valence-corrected chi connectivity index (χ3v) is 5.13. The molecule has 1 aliphatic heterocycles. The zero-order valence-corrected chi connectivity index (χ0v) is 19.5. The highest BCUT2D eigenvalue weighted by molar-refractivity contribution is 6.01. The molecule has 36 heavy (non-hydrogen) atoms. The van der Waals surface area contributed by atoms with Gasteiger partial charge in [0, 0.05) is 19.4 Å². The smallest absolute Gasteiger partial charge is 0.408 e. The maximum atomic E-state index is 12.6. The molecule has 190 valence electrons. The van der Waals surface area contributed by atoms with Crippen LogP contribution in [-0.4, -0.2) is 47.6 Å². The van der Waals surface area contributed by atoms with Crippen LogP contribution in [0.5, 0.6) is 0 Å². The monoisotopic (exact) mass is 497 g/mol. The van der Waals surface area contributed by atoms with Crippen LogP contribution in [0, 0.1) is 0 Å². The molecule has 2 aromatic rings. The minimum atomic E-state index is -1.23. The summed E-state index contributed by atoms with van der Waals surface area (Å²) in [5.41, 5.74) is 1.58. The van der Waals surface area contributed by atoms with Crippen LogP contribution < -0.4 is 10.6 Å². The number of nitrogens with zero attached hydrogens (tertiary/aromatic N) is 1. The van der Waals surface area contributed by atoms with Gasteiger partial charge in [-0.1, -0.05) is 60.7 Å². The second-order valence-corrected chi connectivity index (χ2v) is 7.88. The lowest BCUT2D eigenvalue weighted by molar-refractivity contribution is -0.199. The van der Waals surface area contributed by atoms with Crippen molar-refractivity contribution < 1.29 is 38.3 Å². The number of ether oxygens (including phenoxy) is 2. The number of benzene rings is 2. The lowest BCUT2D eigenvalue weighted by Gasteiger charge is -2.20. The molecule has 2 aromatic carbocycles. The van der Waals surface area contributed by atoms with Crippen LogP contribution in [0.15, 0.2) is 60.7 Å². The Labute approximate surface area is 207 Å². The normalized spacial score (nSPS) is 13.6. The van der Waals surface area contributed by atoms with Crippen LogP contribution in [0.2, 0.25) is 0 Å². The summed E-state index contributed by atoms with van der Waals surface area (Å²) in [6.45, 7) is 0.223. The van der Waals surface area contributed by atoms with Crippen molar-refractivity contribution in [1.82, 2.24) is 15.7 Å². The molecule has 0 unspecified atom stereocenters. The average Bonchev–Trinajstić information content (AvgIpc) is 3.21. The van der Waals surface area contributed by atoms with E-state index in [1.165, 1.54) is 0 Å². The second-order valence-electron chi connectivity index (χ2n) is 7.88. The van der Waals surface area contributed by atoms with Crippen molar-refractivity contribution in [3.63, 3.8) is 0 Å². The van der Waals surface area contributed by atoms with Gasteiger partial charge in [-0.15, -0.1) is 5.06 Å². The second kappa shape index (κ2) is 13.5. The average molecular weight is 498 g/mol. The van der Waals surface area contributed by atoms with Crippen LogP contribution in [-0.2, 0) is 41.9 Å². The fourth-order valence-electron chi connectivity index (χ4n) is 3.24. The molecule has 0 radical (unpaired) electrons. The van der Waals surface area contributed by atoms with E-state index in [-0.39, 0.29) is 45.4 Å². The molecule has 0 spiro atoms. The van der Waals surface area contributed by atoms with Crippen molar-refractivity contribution >= 4 is 30.0 Å². The summed E-state index contributed by atoms with van der Waals surface area (Å²) in [5.74, 6) is -2.27. The first-order valence-electron chi connectivity index (χ1n) is 11.4. The van der Waals surface area contributed by atoms with E-state index in [2.05, 4.69) is 10.6 Å². The Morgan fingerprint density at radius 2 is 1.33 bits per heavy atom. The third-order valence-electron chi connectivity index (χ3n) is 5.13. The number of imide groups is 1. The first kappa shape index (κ1) is 26.2. The largest absolute Gasteiger partial charge is 0.445 e. The van der Waals surface area contributed by atoms with Crippen LogP contribution in [0.3, 0.4) is 0 Å². The molecule has 2 N–H and O–H groups in total. The van der Waals surface area contributed by atoms with Gasteiger partial charge in [-0.2, -0.15) is 0 Å². The quantitative estimate of drug-likeness (QED) is 0.357. The number of hydrogen-bond acceptors (Lipinski definition) is 8. The number of nitrogens with one attached hydrogen (secondary N) is 2. The molecular formula is C25H27N3O8. The van der Waals surface area contributed by atoms with E-state index in [4.69, 9.17) is 14.3 Å². The molecule has 1 heterocycles. The fraction of sp³-hybridized carbons (Fsp3) is 0.320. The number of rotatable bonds is 11. The molecule has 0 aliphatic carbocycles. The van der Waals surface area contributed by atoms with Gasteiger partial charge in [0.25, 0.3) is 11.8 Å². The molecule has 0 aromatic heterocycles. The minimum absolute atomic E-state index is 0.0215. The summed E-state index contributed by atoms with van der Waals surface area (Å²) in [4.78, 5) is 65.3. The first-order chi connectivity index (χ1) is 17.4. The van der Waals surface area contributed by atoms with Gasteiger partial charge in [-0.25, -0.2) is 14.4 Å². The molecule has 4 amide bonds. The topological polar surface area (TPSA) is 140 Å². The highest BCUT2D eigenvalue weighted by Gasteiger charge is 2.35. The highest BCUT2D eigenvalue weighted by Crippen LogP contribution is 2.14. The standard InChI is InChI=1S/C25H27N3O8/c29-21-13-14-22(30)28(21)36-23(31)20(27-25(33)35-17-19-10-5-2-6-11-19)12-7-15-26-24(32)34-16-18-8-3-1-4-9-18/h1-6,8-11,20H,7,12-17H2,(H,26,32)(H,27,33)/t20-/m0/s1. The van der Waals surface area contributed by atoms with Crippen molar-refractivity contribution in [1.29, 1.82) is 0 Å². The van der Waals surface area contributed by atoms with Crippen LogP contribution in [0.25, 0.3) is 0 Å². The number of hydrogen-bond donors (Lipinski definition) is 2. The summed E-state index contributed by atoms with van der Waals surface area (Å²) in [5, 5.41) is 5.36. The Hall–Kier alpha value is -4.41. The van der Waals surface area contributed by atoms with Gasteiger partial charge in [0.05, 0.1) is 0 Å². The van der Waals surface area contributed by atoms with Gasteiger partial charge in [0.1, 0.15) is 19.3 Å². The zero-order valence-electron chi connectivity index (χ0n) is 19.5. The summed E-state index contributed by atoms with van der Waals surface area (Å²) in [6, 6.07) is 16.9. The molecule has 3 rings (SSSR count). The molecule has 1 aliphatic rings. The Kier molecular flexibility index (Phi) is 9.80. The van der Waals surface area contributed by atoms with Gasteiger partial charge < -0.3 is 24.9 Å². The molecular weight excluding hydrogens is 470 g/mol. The van der Waals surface area contributed by atoms with Gasteiger partial charge in [-0.05, 0) is 24.0 Å². The van der Waals surface area contributed by atoms with E-state index in [9.17, 15) is 24.0 Å². The number of carbonyl (C=O) groups excluding carboxylic acids is 5. The van der Waals surface area contributed by atoms with E-state index in [0.29, 0.717) is 5.06 Å². The molecule has 0 saturated carbocycles. The van der Waals surface area contributed by atoms with E-state index in [1.54, 1.807) is 24.3 Å². The van der Waals surface area contributed by atoms with Gasteiger partial charge in [0.15, 0.2) is 0 Å². The fourth-order valence-corrected chi connectivity index (χ4v) is 3.24. The molecule has 0 bridgehead atoms. The predicted molar refractivity (Wildman–Crippen MR) is 125 cm³/mol. The van der Waals surface area contributed by atoms with Crippen molar-refractivity contribution in [2.24, 2.45) is 0 Å². The predicted octanol–water partition coefficient (Wildman–Crippen LogP) is 2.60. The lowest BCUT2D eigenvalue weighted by atomic mass is 10.1. The van der Waals surface area contributed by atoms with E-state index in [0.717, 1.165) is 11.1 Å². The SMILES string of the molecule is O=C(NCCC[C@H](NC(=O)OCc1ccccc1)C(=O)ON1C(=O)CCC1=O)OCc1ccccc1. The van der Waals surface area contributed by atoms with E-state index < -0.39 is 36.0 Å². The Morgan fingerprint density at radius 1 is 0.806 bits per heavy atom. The highest BCUT2D eigenvalue weighted by atomic mass is 16.7. The Bertz CT molecular complexity index is 1050. The number of hydroxylamine groups is 2. The lowest BCUT2D eigenvalue weighted by Crippen LogP contribution is -2.45. The van der Waals surface area contributed by atoms with E-state index in [1.807, 2.05) is 36.4 Å². The van der Waals surface area contributed by atoms with Crippen LogP contribution in [0.1, 0.15) is 36.8 Å². The maximum absolute atomic E-state index is 12.6. The van der Waals surface area contributed by atoms with Gasteiger partial charge in [-0.3, -0.25) is 9.59 Å². The molecule has 1 atom stereocenters. The van der Waals surface area contributed by atoms with Crippen molar-refractivity contribution in [2.75, 3.05) is 6.54 Å². The third kappa shape index (κ3) is 8.42. The van der Waals surface area contributed by atoms with Crippen molar-refractivity contribution in [3.8, 4) is 0 Å². The summed E-state index contributed by atoms with van der Waals surface area (Å²) >= 11 is 0. The van der Waals surface area contributed by atoms with Crippen LogP contribution >= 0.6 is 0 Å². The van der Waals surface area contributed by atoms with Crippen LogP contribution in [0.4, 0.5) is 9.59 Å². The van der Waals surface area contributed by atoms with Gasteiger partial charge in [0.2, 0.25) is 0 Å². The number of amides is 4. The summed E-state index contributed by atoms with van der Waals surface area (Å²) in [6.07, 6.45) is -1.34. The van der Waals surface area contributed by atoms with Crippen molar-refractivity contribution in [2.45, 2.75) is 44.9 Å². The maximum Gasteiger partial charge on any atom is 0.408 e. The number of carbonyl (C=O) groups is 5. The molecule has 1 fully saturated rings. The molecule has 1 saturated heterocycles. The summed E-state index contributed by atoms with van der Waals surface area (Å²) in [7, 11) is 0. The van der Waals surface area contributed by atoms with E-state index >= 15 is 0 Å². The molecule has 11 nitrogen and oxygen atoms in total. The molecule has 11 heteroatoms. The minimum Gasteiger partial charge on any atom is -0.445 e. The Morgan fingerprint density at radius 3 is 1.89 bits per heavy atom. The zero-order chi connectivity index (χ0) is 25.8.